The number of hydrogen-bond acceptors (Lipinski definition) is 5. The molecule has 0 spiro atoms. The van der Waals surface area contributed by atoms with Crippen molar-refractivity contribution in [3.8, 4) is 5.75 Å². The standard InChI is InChI=1S/C21H22BrClN4O2S/c1-12-5-7-16(9-13(12)2)29-14(3)20-25-26-21(27(20)4)30-11-19(28)24-18-8-6-15(22)10-17(18)23/h5-10,14H,11H2,1-4H3,(H,24,28). The van der Waals surface area contributed by atoms with E-state index in [1.54, 1.807) is 12.1 Å². The fourth-order valence-corrected chi connectivity index (χ4v) is 4.20. The minimum absolute atomic E-state index is 0.173. The number of benzene rings is 2. The van der Waals surface area contributed by atoms with Gasteiger partial charge in [0.2, 0.25) is 5.91 Å². The zero-order valence-electron chi connectivity index (χ0n) is 17.1. The molecule has 3 rings (SSSR count). The summed E-state index contributed by atoms with van der Waals surface area (Å²) in [4.78, 5) is 12.3. The van der Waals surface area contributed by atoms with Crippen LogP contribution < -0.4 is 10.1 Å². The van der Waals surface area contributed by atoms with Crippen molar-refractivity contribution in [1.29, 1.82) is 0 Å². The van der Waals surface area contributed by atoms with Crippen molar-refractivity contribution in [2.45, 2.75) is 32.0 Å². The summed E-state index contributed by atoms with van der Waals surface area (Å²) in [5.74, 6) is 1.49. The maximum atomic E-state index is 12.3. The van der Waals surface area contributed by atoms with Gasteiger partial charge in [0.25, 0.3) is 0 Å². The van der Waals surface area contributed by atoms with Gasteiger partial charge in [0.05, 0.1) is 16.5 Å². The fourth-order valence-electron chi connectivity index (χ4n) is 2.76. The summed E-state index contributed by atoms with van der Waals surface area (Å²) in [5.41, 5.74) is 2.96. The highest BCUT2D eigenvalue weighted by Crippen LogP contribution is 2.27. The largest absolute Gasteiger partial charge is 0.483 e. The quantitative estimate of drug-likeness (QED) is 0.413. The molecule has 2 aromatic carbocycles. The number of halogens is 2. The molecule has 1 unspecified atom stereocenters. The van der Waals surface area contributed by atoms with Crippen molar-refractivity contribution in [2.24, 2.45) is 7.05 Å². The van der Waals surface area contributed by atoms with Gasteiger partial charge >= 0.3 is 0 Å². The van der Waals surface area contributed by atoms with Crippen LogP contribution in [0.1, 0.15) is 30.0 Å². The van der Waals surface area contributed by atoms with Crippen LogP contribution in [0, 0.1) is 13.8 Å². The molecule has 1 N–H and O–H groups in total. The molecular formula is C21H22BrClN4O2S. The van der Waals surface area contributed by atoms with Crippen LogP contribution in [-0.4, -0.2) is 26.4 Å². The maximum absolute atomic E-state index is 12.3. The van der Waals surface area contributed by atoms with Gasteiger partial charge < -0.3 is 14.6 Å². The molecule has 0 aliphatic carbocycles. The number of aryl methyl sites for hydroxylation is 2. The second kappa shape index (κ2) is 9.85. The number of aromatic nitrogens is 3. The lowest BCUT2D eigenvalue weighted by atomic mass is 10.1. The smallest absolute Gasteiger partial charge is 0.234 e. The zero-order chi connectivity index (χ0) is 21.8. The highest BCUT2D eigenvalue weighted by Gasteiger charge is 2.18. The van der Waals surface area contributed by atoms with Crippen molar-refractivity contribution in [2.75, 3.05) is 11.1 Å². The summed E-state index contributed by atoms with van der Waals surface area (Å²) < 4.78 is 8.72. The molecular weight excluding hydrogens is 488 g/mol. The molecule has 0 saturated heterocycles. The fraction of sp³-hybridized carbons (Fsp3) is 0.286. The third kappa shape index (κ3) is 5.56. The minimum Gasteiger partial charge on any atom is -0.483 e. The second-order valence-electron chi connectivity index (χ2n) is 6.87. The Morgan fingerprint density at radius 3 is 2.70 bits per heavy atom. The summed E-state index contributed by atoms with van der Waals surface area (Å²) in [6.07, 6.45) is -0.283. The maximum Gasteiger partial charge on any atom is 0.234 e. The van der Waals surface area contributed by atoms with Gasteiger partial charge in [0.1, 0.15) is 5.75 Å². The number of anilines is 1. The van der Waals surface area contributed by atoms with Crippen LogP contribution in [0.4, 0.5) is 5.69 Å². The highest BCUT2D eigenvalue weighted by atomic mass is 79.9. The predicted molar refractivity (Wildman–Crippen MR) is 124 cm³/mol. The molecule has 9 heteroatoms. The van der Waals surface area contributed by atoms with Gasteiger partial charge in [-0.15, -0.1) is 10.2 Å². The van der Waals surface area contributed by atoms with Gasteiger partial charge in [0.15, 0.2) is 17.1 Å². The first kappa shape index (κ1) is 22.7. The van der Waals surface area contributed by atoms with Crippen LogP contribution in [-0.2, 0) is 11.8 Å². The lowest BCUT2D eigenvalue weighted by Gasteiger charge is -2.15. The van der Waals surface area contributed by atoms with E-state index in [1.807, 2.05) is 42.8 Å². The summed E-state index contributed by atoms with van der Waals surface area (Å²) in [5, 5.41) is 12.4. The first-order valence-electron chi connectivity index (χ1n) is 9.25. The number of nitrogens with zero attached hydrogens (tertiary/aromatic N) is 3. The SMILES string of the molecule is Cc1ccc(OC(C)c2nnc(SCC(=O)Nc3ccc(Br)cc3Cl)n2C)cc1C. The van der Waals surface area contributed by atoms with Crippen LogP contribution in [0.2, 0.25) is 5.02 Å². The van der Waals surface area contributed by atoms with E-state index in [9.17, 15) is 4.79 Å². The summed E-state index contributed by atoms with van der Waals surface area (Å²) in [7, 11) is 1.86. The normalized spacial score (nSPS) is 11.9. The lowest BCUT2D eigenvalue weighted by molar-refractivity contribution is -0.113. The van der Waals surface area contributed by atoms with E-state index in [4.69, 9.17) is 16.3 Å². The number of hydrogen-bond donors (Lipinski definition) is 1. The zero-order valence-corrected chi connectivity index (χ0v) is 20.2. The number of ether oxygens (including phenoxy) is 1. The first-order chi connectivity index (χ1) is 14.2. The Balaban J connectivity index is 1.60. The van der Waals surface area contributed by atoms with Gasteiger partial charge in [-0.1, -0.05) is 45.4 Å². The third-order valence-electron chi connectivity index (χ3n) is 4.56. The number of carbonyl (C=O) groups is 1. The molecule has 158 valence electrons. The Labute approximate surface area is 193 Å². The van der Waals surface area contributed by atoms with E-state index in [0.29, 0.717) is 21.7 Å². The Bertz CT molecular complexity index is 1070. The molecule has 1 heterocycles. The van der Waals surface area contributed by atoms with Crippen LogP contribution in [0.15, 0.2) is 46.0 Å². The van der Waals surface area contributed by atoms with Crippen molar-refractivity contribution in [3.63, 3.8) is 0 Å². The van der Waals surface area contributed by atoms with Gasteiger partial charge in [0, 0.05) is 11.5 Å². The average Bonchev–Trinajstić information content (AvgIpc) is 3.06. The number of thioether (sulfide) groups is 1. The van der Waals surface area contributed by atoms with Crippen molar-refractivity contribution in [1.82, 2.24) is 14.8 Å². The summed E-state index contributed by atoms with van der Waals surface area (Å²) in [6.45, 7) is 6.04. The van der Waals surface area contributed by atoms with Gasteiger partial charge in [-0.25, -0.2) is 0 Å². The number of carbonyl (C=O) groups excluding carboxylic acids is 1. The van der Waals surface area contributed by atoms with Crippen LogP contribution in [0.5, 0.6) is 5.75 Å². The molecule has 0 radical (unpaired) electrons. The molecule has 0 fully saturated rings. The topological polar surface area (TPSA) is 69.0 Å². The van der Waals surface area contributed by atoms with Crippen molar-refractivity contribution >= 4 is 50.9 Å². The molecule has 1 aromatic heterocycles. The molecule has 3 aromatic rings. The molecule has 0 bridgehead atoms. The van der Waals surface area contributed by atoms with E-state index in [0.717, 1.165) is 10.2 Å². The molecule has 0 saturated carbocycles. The van der Waals surface area contributed by atoms with Gasteiger partial charge in [-0.05, 0) is 62.2 Å². The molecule has 1 amide bonds. The van der Waals surface area contributed by atoms with Gasteiger partial charge in [-0.2, -0.15) is 0 Å². The van der Waals surface area contributed by atoms with Gasteiger partial charge in [-0.3, -0.25) is 4.79 Å². The molecule has 6 nitrogen and oxygen atoms in total. The van der Waals surface area contributed by atoms with Crippen molar-refractivity contribution < 1.29 is 9.53 Å². The molecule has 0 aliphatic heterocycles. The van der Waals surface area contributed by atoms with Crippen LogP contribution in [0.25, 0.3) is 0 Å². The van der Waals surface area contributed by atoms with Crippen LogP contribution >= 0.6 is 39.3 Å². The molecule has 30 heavy (non-hydrogen) atoms. The predicted octanol–water partition coefficient (Wildman–Crippen LogP) is 5.72. The number of rotatable bonds is 7. The van der Waals surface area contributed by atoms with E-state index >= 15 is 0 Å². The lowest BCUT2D eigenvalue weighted by Crippen LogP contribution is -2.15. The molecule has 0 aliphatic rings. The number of nitrogens with one attached hydrogen (secondary N) is 1. The van der Waals surface area contributed by atoms with E-state index in [1.165, 1.54) is 22.9 Å². The van der Waals surface area contributed by atoms with E-state index in [2.05, 4.69) is 45.3 Å². The Hall–Kier alpha value is -2.03. The van der Waals surface area contributed by atoms with E-state index in [-0.39, 0.29) is 17.8 Å². The Morgan fingerprint density at radius 2 is 2.00 bits per heavy atom. The minimum atomic E-state index is -0.283. The monoisotopic (exact) mass is 508 g/mol. The third-order valence-corrected chi connectivity index (χ3v) is 6.39. The number of amides is 1. The van der Waals surface area contributed by atoms with Crippen LogP contribution in [0.3, 0.4) is 0 Å². The van der Waals surface area contributed by atoms with Crippen molar-refractivity contribution in [3.05, 3.63) is 62.8 Å². The molecule has 1 atom stereocenters. The summed E-state index contributed by atoms with van der Waals surface area (Å²) in [6, 6.07) is 11.3. The van der Waals surface area contributed by atoms with E-state index < -0.39 is 0 Å². The highest BCUT2D eigenvalue weighted by molar-refractivity contribution is 9.10. The second-order valence-corrected chi connectivity index (χ2v) is 9.13. The average molecular weight is 510 g/mol. The summed E-state index contributed by atoms with van der Waals surface area (Å²) >= 11 is 10.8. The Morgan fingerprint density at radius 1 is 1.23 bits per heavy atom. The Kier molecular flexibility index (Phi) is 7.44. The first-order valence-corrected chi connectivity index (χ1v) is 11.4.